The molecule has 1 atom stereocenters. The molecule has 1 amide bonds. The highest BCUT2D eigenvalue weighted by Crippen LogP contribution is 2.24. The fourth-order valence-electron chi connectivity index (χ4n) is 1.74. The maximum atomic E-state index is 11.5. The predicted molar refractivity (Wildman–Crippen MR) is 69.0 cm³/mol. The normalized spacial score (nSPS) is 12.0. The van der Waals surface area contributed by atoms with Crippen molar-refractivity contribution in [2.24, 2.45) is 0 Å². The molecule has 0 saturated carbocycles. The first-order valence-electron chi connectivity index (χ1n) is 5.81. The summed E-state index contributed by atoms with van der Waals surface area (Å²) in [6.07, 6.45) is -0.539. The Kier molecular flexibility index (Phi) is 4.97. The number of likely N-dealkylation sites (N-methyl/N-ethyl adjacent to an activating group) is 2. The molecule has 1 aromatic rings. The quantitative estimate of drug-likeness (QED) is 0.810. The SMILES string of the molecule is CCNC(=O)CN(C)c1ccccc1C(C)O. The van der Waals surface area contributed by atoms with Crippen molar-refractivity contribution in [2.75, 3.05) is 25.0 Å². The van der Waals surface area contributed by atoms with Crippen LogP contribution in [0.5, 0.6) is 0 Å². The van der Waals surface area contributed by atoms with E-state index in [-0.39, 0.29) is 12.5 Å². The molecular formula is C13H20N2O2. The van der Waals surface area contributed by atoms with E-state index >= 15 is 0 Å². The van der Waals surface area contributed by atoms with E-state index in [1.165, 1.54) is 0 Å². The van der Waals surface area contributed by atoms with E-state index in [0.29, 0.717) is 6.54 Å². The fourth-order valence-corrected chi connectivity index (χ4v) is 1.74. The van der Waals surface area contributed by atoms with Crippen LogP contribution in [0.25, 0.3) is 0 Å². The summed E-state index contributed by atoms with van der Waals surface area (Å²) in [4.78, 5) is 13.3. The van der Waals surface area contributed by atoms with Crippen LogP contribution in [0.4, 0.5) is 5.69 Å². The average Bonchev–Trinajstić information content (AvgIpc) is 2.29. The van der Waals surface area contributed by atoms with Gasteiger partial charge in [0.05, 0.1) is 12.6 Å². The largest absolute Gasteiger partial charge is 0.389 e. The standard InChI is InChI=1S/C13H20N2O2/c1-4-14-13(17)9-15(3)12-8-6-5-7-11(12)10(2)16/h5-8,10,16H,4,9H2,1-3H3,(H,14,17). The van der Waals surface area contributed by atoms with Crippen molar-refractivity contribution in [1.82, 2.24) is 5.32 Å². The first kappa shape index (κ1) is 13.5. The Morgan fingerprint density at radius 3 is 2.71 bits per heavy atom. The highest BCUT2D eigenvalue weighted by atomic mass is 16.3. The monoisotopic (exact) mass is 236 g/mol. The van der Waals surface area contributed by atoms with Crippen LogP contribution in [0.1, 0.15) is 25.5 Å². The van der Waals surface area contributed by atoms with Gasteiger partial charge in [0.1, 0.15) is 0 Å². The smallest absolute Gasteiger partial charge is 0.239 e. The van der Waals surface area contributed by atoms with E-state index in [9.17, 15) is 9.90 Å². The predicted octanol–water partition coefficient (Wildman–Crippen LogP) is 1.31. The Balaban J connectivity index is 2.81. The summed E-state index contributed by atoms with van der Waals surface area (Å²) in [5.41, 5.74) is 1.72. The fraction of sp³-hybridized carbons (Fsp3) is 0.462. The molecule has 0 aromatic heterocycles. The molecule has 0 bridgehead atoms. The molecule has 0 aliphatic heterocycles. The summed E-state index contributed by atoms with van der Waals surface area (Å²) in [6, 6.07) is 7.55. The summed E-state index contributed by atoms with van der Waals surface area (Å²) in [7, 11) is 1.84. The van der Waals surface area contributed by atoms with Crippen molar-refractivity contribution in [1.29, 1.82) is 0 Å². The van der Waals surface area contributed by atoms with Gasteiger partial charge in [0.25, 0.3) is 0 Å². The van der Waals surface area contributed by atoms with Gasteiger partial charge in [0.15, 0.2) is 0 Å². The molecule has 0 heterocycles. The van der Waals surface area contributed by atoms with Gasteiger partial charge in [-0.3, -0.25) is 4.79 Å². The van der Waals surface area contributed by atoms with Crippen LogP contribution in [-0.2, 0) is 4.79 Å². The highest BCUT2D eigenvalue weighted by molar-refractivity contribution is 5.81. The minimum atomic E-state index is -0.539. The zero-order chi connectivity index (χ0) is 12.8. The Morgan fingerprint density at radius 2 is 2.12 bits per heavy atom. The molecule has 4 nitrogen and oxygen atoms in total. The summed E-state index contributed by atoms with van der Waals surface area (Å²) >= 11 is 0. The van der Waals surface area contributed by atoms with E-state index in [1.807, 2.05) is 43.1 Å². The number of anilines is 1. The van der Waals surface area contributed by atoms with E-state index in [2.05, 4.69) is 5.32 Å². The lowest BCUT2D eigenvalue weighted by atomic mass is 10.1. The van der Waals surface area contributed by atoms with Crippen molar-refractivity contribution in [3.63, 3.8) is 0 Å². The summed E-state index contributed by atoms with van der Waals surface area (Å²) in [5.74, 6) is -0.0182. The number of aliphatic hydroxyl groups is 1. The summed E-state index contributed by atoms with van der Waals surface area (Å²) in [6.45, 7) is 4.53. The molecule has 1 aromatic carbocycles. The van der Waals surface area contributed by atoms with Crippen molar-refractivity contribution in [3.8, 4) is 0 Å². The van der Waals surface area contributed by atoms with Gasteiger partial charge in [-0.1, -0.05) is 18.2 Å². The first-order chi connectivity index (χ1) is 8.06. The molecule has 1 rings (SSSR count). The topological polar surface area (TPSA) is 52.6 Å². The number of amides is 1. The van der Waals surface area contributed by atoms with Crippen molar-refractivity contribution >= 4 is 11.6 Å². The van der Waals surface area contributed by atoms with Gasteiger partial charge in [0.2, 0.25) is 5.91 Å². The lowest BCUT2D eigenvalue weighted by Gasteiger charge is -2.22. The molecule has 0 aliphatic carbocycles. The van der Waals surface area contributed by atoms with E-state index in [0.717, 1.165) is 11.3 Å². The third kappa shape index (κ3) is 3.75. The number of nitrogens with zero attached hydrogens (tertiary/aromatic N) is 1. The molecule has 4 heteroatoms. The number of hydrogen-bond donors (Lipinski definition) is 2. The van der Waals surface area contributed by atoms with Crippen LogP contribution in [0.15, 0.2) is 24.3 Å². The van der Waals surface area contributed by atoms with Gasteiger partial charge in [-0.05, 0) is 19.9 Å². The number of carbonyl (C=O) groups is 1. The second-order valence-electron chi connectivity index (χ2n) is 4.04. The molecular weight excluding hydrogens is 216 g/mol. The van der Waals surface area contributed by atoms with Crippen LogP contribution in [0.3, 0.4) is 0 Å². The zero-order valence-electron chi connectivity index (χ0n) is 10.6. The molecule has 0 fully saturated rings. The molecule has 2 N–H and O–H groups in total. The van der Waals surface area contributed by atoms with Gasteiger partial charge in [0, 0.05) is 24.8 Å². The molecule has 0 aliphatic rings. The van der Waals surface area contributed by atoms with Crippen molar-refractivity contribution in [2.45, 2.75) is 20.0 Å². The van der Waals surface area contributed by atoms with Crippen LogP contribution < -0.4 is 10.2 Å². The number of hydrogen-bond acceptors (Lipinski definition) is 3. The van der Waals surface area contributed by atoms with Crippen LogP contribution in [0.2, 0.25) is 0 Å². The Labute approximate surface area is 102 Å². The summed E-state index contributed by atoms with van der Waals surface area (Å²) < 4.78 is 0. The number of benzene rings is 1. The first-order valence-corrected chi connectivity index (χ1v) is 5.81. The van der Waals surface area contributed by atoms with Gasteiger partial charge < -0.3 is 15.3 Å². The minimum absolute atomic E-state index is 0.0182. The van der Waals surface area contributed by atoms with Crippen LogP contribution >= 0.6 is 0 Å². The lowest BCUT2D eigenvalue weighted by molar-refractivity contribution is -0.119. The molecule has 17 heavy (non-hydrogen) atoms. The van der Waals surface area contributed by atoms with Gasteiger partial charge in [-0.25, -0.2) is 0 Å². The van der Waals surface area contributed by atoms with E-state index < -0.39 is 6.10 Å². The van der Waals surface area contributed by atoms with E-state index in [4.69, 9.17) is 0 Å². The van der Waals surface area contributed by atoms with Gasteiger partial charge in [-0.2, -0.15) is 0 Å². The third-order valence-electron chi connectivity index (χ3n) is 2.55. The lowest BCUT2D eigenvalue weighted by Crippen LogP contribution is -2.35. The Bertz CT molecular complexity index is 377. The number of rotatable bonds is 5. The summed E-state index contributed by atoms with van der Waals surface area (Å²) in [5, 5.41) is 12.4. The molecule has 0 radical (unpaired) electrons. The maximum absolute atomic E-state index is 11.5. The Morgan fingerprint density at radius 1 is 1.47 bits per heavy atom. The van der Waals surface area contributed by atoms with Crippen molar-refractivity contribution in [3.05, 3.63) is 29.8 Å². The maximum Gasteiger partial charge on any atom is 0.239 e. The van der Waals surface area contributed by atoms with Gasteiger partial charge >= 0.3 is 0 Å². The second-order valence-corrected chi connectivity index (χ2v) is 4.04. The minimum Gasteiger partial charge on any atom is -0.389 e. The zero-order valence-corrected chi connectivity index (χ0v) is 10.6. The van der Waals surface area contributed by atoms with Crippen molar-refractivity contribution < 1.29 is 9.90 Å². The number of carbonyl (C=O) groups excluding carboxylic acids is 1. The second kappa shape index (κ2) is 6.25. The molecule has 0 spiro atoms. The molecule has 94 valence electrons. The molecule has 1 unspecified atom stereocenters. The van der Waals surface area contributed by atoms with Gasteiger partial charge in [-0.15, -0.1) is 0 Å². The van der Waals surface area contributed by atoms with Crippen LogP contribution in [-0.4, -0.2) is 31.2 Å². The molecule has 0 saturated heterocycles. The average molecular weight is 236 g/mol. The Hall–Kier alpha value is -1.55. The van der Waals surface area contributed by atoms with Crippen LogP contribution in [0, 0.1) is 0 Å². The number of nitrogens with one attached hydrogen (secondary N) is 1. The van der Waals surface area contributed by atoms with E-state index in [1.54, 1.807) is 6.92 Å². The third-order valence-corrected chi connectivity index (χ3v) is 2.55. The highest BCUT2D eigenvalue weighted by Gasteiger charge is 2.12. The number of aliphatic hydroxyl groups excluding tert-OH is 1. The number of para-hydroxylation sites is 1.